The van der Waals surface area contributed by atoms with Crippen LogP contribution in [0.1, 0.15) is 25.8 Å². The van der Waals surface area contributed by atoms with Crippen molar-refractivity contribution in [3.63, 3.8) is 0 Å². The molecule has 0 fully saturated rings. The largest absolute Gasteiger partial charge is 0.351 e. The van der Waals surface area contributed by atoms with Crippen molar-refractivity contribution in [2.75, 3.05) is 19.6 Å². The molecule has 1 aliphatic rings. The maximum atomic E-state index is 11.8. The van der Waals surface area contributed by atoms with Crippen molar-refractivity contribution in [2.45, 2.75) is 26.3 Å². The van der Waals surface area contributed by atoms with Crippen LogP contribution in [0.2, 0.25) is 0 Å². The van der Waals surface area contributed by atoms with E-state index in [0.29, 0.717) is 6.54 Å². The molecule has 102 valence electrons. The lowest BCUT2D eigenvalue weighted by Crippen LogP contribution is -3.17. The molecule has 1 aliphatic heterocycles. The number of benzene rings is 1. The van der Waals surface area contributed by atoms with Gasteiger partial charge >= 0.3 is 0 Å². The highest BCUT2D eigenvalue weighted by molar-refractivity contribution is 5.79. The lowest BCUT2D eigenvalue weighted by molar-refractivity contribution is -0.909. The third-order valence-corrected chi connectivity index (χ3v) is 3.83. The van der Waals surface area contributed by atoms with Gasteiger partial charge in [-0.2, -0.15) is 0 Å². The van der Waals surface area contributed by atoms with Gasteiger partial charge in [-0.25, -0.2) is 0 Å². The Morgan fingerprint density at radius 3 is 2.68 bits per heavy atom. The summed E-state index contributed by atoms with van der Waals surface area (Å²) in [6, 6.07) is 10.5. The summed E-state index contributed by atoms with van der Waals surface area (Å²) in [5, 5.41) is 2.91. The molecule has 2 N–H and O–H groups in total. The van der Waals surface area contributed by atoms with Crippen molar-refractivity contribution in [1.82, 2.24) is 5.32 Å². The Labute approximate surface area is 115 Å². The molecule has 2 rings (SSSR count). The maximum Gasteiger partial charge on any atom is 0.278 e. The zero-order valence-corrected chi connectivity index (χ0v) is 11.8. The van der Waals surface area contributed by atoms with Gasteiger partial charge in [0, 0.05) is 13.0 Å². The van der Waals surface area contributed by atoms with Crippen molar-refractivity contribution in [2.24, 2.45) is 0 Å². The van der Waals surface area contributed by atoms with E-state index in [2.05, 4.69) is 35.7 Å². The summed E-state index contributed by atoms with van der Waals surface area (Å²) in [6.45, 7) is 6.65. The van der Waals surface area contributed by atoms with Gasteiger partial charge in [-0.1, -0.05) is 30.3 Å². The molecule has 3 heteroatoms. The highest BCUT2D eigenvalue weighted by atomic mass is 16.2. The van der Waals surface area contributed by atoms with Gasteiger partial charge in [0.15, 0.2) is 6.04 Å². The number of hydrogen-bond acceptors (Lipinski definition) is 1. The maximum absolute atomic E-state index is 11.8. The third-order valence-electron chi connectivity index (χ3n) is 3.83. The van der Waals surface area contributed by atoms with Crippen molar-refractivity contribution < 1.29 is 9.69 Å². The fraction of sp³-hybridized carbons (Fsp3) is 0.438. The van der Waals surface area contributed by atoms with Crippen LogP contribution in [0.3, 0.4) is 0 Å². The summed E-state index contributed by atoms with van der Waals surface area (Å²) in [5.74, 6) is 0.161. The summed E-state index contributed by atoms with van der Waals surface area (Å²) < 4.78 is 0. The van der Waals surface area contributed by atoms with E-state index in [1.807, 2.05) is 19.9 Å². The van der Waals surface area contributed by atoms with Crippen molar-refractivity contribution in [3.8, 4) is 0 Å². The lowest BCUT2D eigenvalue weighted by Gasteiger charge is -2.28. The van der Waals surface area contributed by atoms with Gasteiger partial charge in [-0.05, 0) is 31.1 Å². The molecule has 0 radical (unpaired) electrons. The average Bonchev–Trinajstić information content (AvgIpc) is 2.48. The molecular weight excluding hydrogens is 236 g/mol. The minimum atomic E-state index is 0.0357. The molecule has 0 spiro atoms. The molecule has 1 heterocycles. The van der Waals surface area contributed by atoms with E-state index in [-0.39, 0.29) is 11.9 Å². The summed E-state index contributed by atoms with van der Waals surface area (Å²) in [6.07, 6.45) is 3.33. The number of rotatable bonds is 4. The monoisotopic (exact) mass is 259 g/mol. The minimum Gasteiger partial charge on any atom is -0.351 e. The van der Waals surface area contributed by atoms with Crippen LogP contribution < -0.4 is 10.2 Å². The molecule has 0 saturated carbocycles. The number of likely N-dealkylation sites (N-methyl/N-ethyl adjacent to an activating group) is 1. The van der Waals surface area contributed by atoms with E-state index < -0.39 is 0 Å². The Hall–Kier alpha value is -1.61. The topological polar surface area (TPSA) is 33.5 Å². The number of carbonyl (C=O) groups is 1. The lowest BCUT2D eigenvalue weighted by atomic mass is 9.99. The van der Waals surface area contributed by atoms with E-state index in [1.165, 1.54) is 16.0 Å². The molecule has 2 atom stereocenters. The average molecular weight is 259 g/mol. The summed E-state index contributed by atoms with van der Waals surface area (Å²) in [7, 11) is 0. The molecule has 1 amide bonds. The standard InChI is InChI=1S/C16H22N2O/c1-3-17-16(19)13(2)18-11-9-15(10-12-18)14-7-5-4-6-8-14/h4-9,13H,3,10-12H2,1-2H3,(H,17,19)/p+1/t13-/m1/s1. The van der Waals surface area contributed by atoms with Crippen LogP contribution >= 0.6 is 0 Å². The first-order chi connectivity index (χ1) is 9.22. The fourth-order valence-corrected chi connectivity index (χ4v) is 2.57. The van der Waals surface area contributed by atoms with E-state index >= 15 is 0 Å². The van der Waals surface area contributed by atoms with Gasteiger partial charge in [0.2, 0.25) is 0 Å². The Kier molecular flexibility index (Phi) is 4.74. The molecule has 3 nitrogen and oxygen atoms in total. The number of amides is 1. The normalized spacial score (nSPS) is 20.5. The second-order valence-electron chi connectivity index (χ2n) is 5.07. The van der Waals surface area contributed by atoms with Gasteiger partial charge in [-0.3, -0.25) is 4.79 Å². The van der Waals surface area contributed by atoms with E-state index in [9.17, 15) is 4.79 Å². The zero-order chi connectivity index (χ0) is 13.7. The number of hydrogen-bond donors (Lipinski definition) is 2. The van der Waals surface area contributed by atoms with Crippen LogP contribution in [0.4, 0.5) is 0 Å². The predicted molar refractivity (Wildman–Crippen MR) is 77.9 cm³/mol. The van der Waals surface area contributed by atoms with Gasteiger partial charge in [0.25, 0.3) is 5.91 Å². The van der Waals surface area contributed by atoms with E-state index in [0.717, 1.165) is 19.5 Å². The summed E-state index contributed by atoms with van der Waals surface area (Å²) in [4.78, 5) is 13.2. The molecule has 0 saturated heterocycles. The van der Waals surface area contributed by atoms with Crippen LogP contribution in [0, 0.1) is 0 Å². The number of carbonyl (C=O) groups excluding carboxylic acids is 1. The molecule has 1 aromatic rings. The molecule has 0 aliphatic carbocycles. The first-order valence-electron chi connectivity index (χ1n) is 7.09. The molecular formula is C16H23N2O+. The first kappa shape index (κ1) is 13.8. The zero-order valence-electron chi connectivity index (χ0n) is 11.8. The molecule has 0 bridgehead atoms. The van der Waals surface area contributed by atoms with Crippen LogP contribution in [-0.2, 0) is 4.79 Å². The Morgan fingerprint density at radius 2 is 2.11 bits per heavy atom. The van der Waals surface area contributed by atoms with Gasteiger partial charge in [-0.15, -0.1) is 0 Å². The molecule has 19 heavy (non-hydrogen) atoms. The smallest absolute Gasteiger partial charge is 0.278 e. The number of quaternary nitrogens is 1. The van der Waals surface area contributed by atoms with Crippen LogP contribution in [0.15, 0.2) is 36.4 Å². The summed E-state index contributed by atoms with van der Waals surface area (Å²) >= 11 is 0. The predicted octanol–water partition coefficient (Wildman–Crippen LogP) is 0.883. The summed E-state index contributed by atoms with van der Waals surface area (Å²) in [5.41, 5.74) is 2.72. The van der Waals surface area contributed by atoms with E-state index in [4.69, 9.17) is 0 Å². The van der Waals surface area contributed by atoms with Crippen LogP contribution in [-0.4, -0.2) is 31.6 Å². The van der Waals surface area contributed by atoms with Crippen LogP contribution in [0.5, 0.6) is 0 Å². The Bertz CT molecular complexity index is 453. The highest BCUT2D eigenvalue weighted by Crippen LogP contribution is 2.17. The molecule has 1 unspecified atom stereocenters. The third kappa shape index (κ3) is 3.44. The van der Waals surface area contributed by atoms with Crippen molar-refractivity contribution >= 4 is 11.5 Å². The Morgan fingerprint density at radius 1 is 1.37 bits per heavy atom. The SMILES string of the molecule is CCNC(=O)[C@@H](C)[NH+]1CC=C(c2ccccc2)CC1. The Balaban J connectivity index is 1.98. The second-order valence-corrected chi connectivity index (χ2v) is 5.07. The molecule has 1 aromatic carbocycles. The van der Waals surface area contributed by atoms with Gasteiger partial charge < -0.3 is 10.2 Å². The second kappa shape index (κ2) is 6.53. The quantitative estimate of drug-likeness (QED) is 0.827. The molecule has 0 aromatic heterocycles. The van der Waals surface area contributed by atoms with Gasteiger partial charge in [0.1, 0.15) is 0 Å². The van der Waals surface area contributed by atoms with Crippen molar-refractivity contribution in [3.05, 3.63) is 42.0 Å². The highest BCUT2D eigenvalue weighted by Gasteiger charge is 2.26. The van der Waals surface area contributed by atoms with E-state index in [1.54, 1.807) is 0 Å². The fourth-order valence-electron chi connectivity index (χ4n) is 2.57. The first-order valence-corrected chi connectivity index (χ1v) is 7.09. The van der Waals surface area contributed by atoms with Crippen LogP contribution in [0.25, 0.3) is 5.57 Å². The van der Waals surface area contributed by atoms with Crippen molar-refractivity contribution in [1.29, 1.82) is 0 Å². The number of nitrogens with one attached hydrogen (secondary N) is 2. The minimum absolute atomic E-state index is 0.0357. The van der Waals surface area contributed by atoms with Gasteiger partial charge in [0.05, 0.1) is 13.1 Å².